The molecule has 1 atom stereocenters. The third kappa shape index (κ3) is 3.96. The second kappa shape index (κ2) is 7.14. The normalized spacial score (nSPS) is 14.6. The molecular formula is C13H20ClOP. The first kappa shape index (κ1) is 13.8. The molecule has 1 aromatic rings. The fourth-order valence-corrected chi connectivity index (χ4v) is 5.07. The van der Waals surface area contributed by atoms with Crippen LogP contribution < -0.4 is 5.30 Å². The van der Waals surface area contributed by atoms with E-state index in [1.54, 1.807) is 0 Å². The van der Waals surface area contributed by atoms with E-state index in [0.717, 1.165) is 36.9 Å². The lowest BCUT2D eigenvalue weighted by atomic mass is 10.4. The smallest absolute Gasteiger partial charge is 0.115 e. The van der Waals surface area contributed by atoms with Crippen LogP contribution in [-0.4, -0.2) is 18.2 Å². The van der Waals surface area contributed by atoms with Crippen molar-refractivity contribution in [2.45, 2.75) is 26.2 Å². The summed E-state index contributed by atoms with van der Waals surface area (Å²) in [6, 6.07) is 9.88. The third-order valence-corrected chi connectivity index (χ3v) is 6.34. The van der Waals surface area contributed by atoms with E-state index in [4.69, 9.17) is 11.6 Å². The molecule has 90 valence electrons. The Hall–Kier alpha value is -0.260. The van der Waals surface area contributed by atoms with Crippen molar-refractivity contribution in [3.8, 4) is 0 Å². The summed E-state index contributed by atoms with van der Waals surface area (Å²) in [4.78, 5) is 0. The van der Waals surface area contributed by atoms with Crippen molar-refractivity contribution in [3.63, 3.8) is 0 Å². The van der Waals surface area contributed by atoms with Gasteiger partial charge in [-0.1, -0.05) is 43.7 Å². The lowest BCUT2D eigenvalue weighted by Gasteiger charge is -2.18. The van der Waals surface area contributed by atoms with Gasteiger partial charge in [-0.25, -0.2) is 0 Å². The molecule has 0 fully saturated rings. The van der Waals surface area contributed by atoms with Gasteiger partial charge >= 0.3 is 0 Å². The van der Waals surface area contributed by atoms with E-state index in [0.29, 0.717) is 5.88 Å². The van der Waals surface area contributed by atoms with E-state index < -0.39 is 7.14 Å². The molecular weight excluding hydrogens is 239 g/mol. The van der Waals surface area contributed by atoms with Crippen LogP contribution in [0.25, 0.3) is 0 Å². The van der Waals surface area contributed by atoms with Crippen molar-refractivity contribution < 1.29 is 4.57 Å². The maximum Gasteiger partial charge on any atom is 0.115 e. The number of hydrogen-bond acceptors (Lipinski definition) is 1. The topological polar surface area (TPSA) is 17.1 Å². The number of unbranched alkanes of at least 4 members (excludes halogenated alkanes) is 1. The zero-order valence-corrected chi connectivity index (χ0v) is 11.5. The average Bonchev–Trinajstić information content (AvgIpc) is 2.35. The van der Waals surface area contributed by atoms with Gasteiger partial charge in [0.1, 0.15) is 7.14 Å². The Morgan fingerprint density at radius 2 is 1.75 bits per heavy atom. The number of rotatable bonds is 7. The number of halogens is 1. The van der Waals surface area contributed by atoms with Gasteiger partial charge in [0.15, 0.2) is 0 Å². The van der Waals surface area contributed by atoms with Gasteiger partial charge < -0.3 is 4.57 Å². The lowest BCUT2D eigenvalue weighted by Crippen LogP contribution is -2.11. The van der Waals surface area contributed by atoms with Crippen LogP contribution in [0, 0.1) is 0 Å². The summed E-state index contributed by atoms with van der Waals surface area (Å²) in [7, 11) is -2.19. The SMILES string of the molecule is CCCCP(=O)(CCCCl)c1ccccc1. The van der Waals surface area contributed by atoms with Crippen LogP contribution >= 0.6 is 18.7 Å². The van der Waals surface area contributed by atoms with E-state index in [1.165, 1.54) is 0 Å². The van der Waals surface area contributed by atoms with E-state index in [-0.39, 0.29) is 0 Å². The number of benzene rings is 1. The minimum absolute atomic E-state index is 0.600. The van der Waals surface area contributed by atoms with Crippen LogP contribution in [0.4, 0.5) is 0 Å². The molecule has 0 bridgehead atoms. The predicted octanol–water partition coefficient (Wildman–Crippen LogP) is 4.10. The molecule has 3 heteroatoms. The van der Waals surface area contributed by atoms with Crippen molar-refractivity contribution >= 4 is 24.0 Å². The Labute approximate surface area is 104 Å². The van der Waals surface area contributed by atoms with Gasteiger partial charge in [-0.3, -0.25) is 0 Å². The van der Waals surface area contributed by atoms with Crippen LogP contribution in [0.3, 0.4) is 0 Å². The summed E-state index contributed by atoms with van der Waals surface area (Å²) in [5.74, 6) is 0.600. The summed E-state index contributed by atoms with van der Waals surface area (Å²) in [5.41, 5.74) is 0. The van der Waals surface area contributed by atoms with Gasteiger partial charge in [0.2, 0.25) is 0 Å². The minimum Gasteiger partial charge on any atom is -0.319 e. The predicted molar refractivity (Wildman–Crippen MR) is 73.7 cm³/mol. The Balaban J connectivity index is 2.82. The Morgan fingerprint density at radius 1 is 1.12 bits per heavy atom. The van der Waals surface area contributed by atoms with E-state index in [2.05, 4.69) is 6.92 Å². The van der Waals surface area contributed by atoms with Gasteiger partial charge in [0.05, 0.1) is 0 Å². The first-order valence-corrected chi connectivity index (χ1v) is 8.54. The first-order valence-electron chi connectivity index (χ1n) is 5.92. The van der Waals surface area contributed by atoms with Crippen LogP contribution in [0.5, 0.6) is 0 Å². The molecule has 0 amide bonds. The highest BCUT2D eigenvalue weighted by atomic mass is 35.5. The molecule has 0 aliphatic rings. The highest BCUT2D eigenvalue weighted by molar-refractivity contribution is 7.71. The highest BCUT2D eigenvalue weighted by Gasteiger charge is 2.22. The van der Waals surface area contributed by atoms with Gasteiger partial charge in [-0.05, 0) is 12.8 Å². The maximum atomic E-state index is 12.9. The van der Waals surface area contributed by atoms with Crippen LogP contribution in [-0.2, 0) is 4.57 Å². The molecule has 0 spiro atoms. The van der Waals surface area contributed by atoms with E-state index >= 15 is 0 Å². The fourth-order valence-electron chi connectivity index (χ4n) is 1.80. The number of hydrogen-bond donors (Lipinski definition) is 0. The third-order valence-electron chi connectivity index (χ3n) is 2.75. The first-order chi connectivity index (χ1) is 7.73. The lowest BCUT2D eigenvalue weighted by molar-refractivity contribution is 0.578. The largest absolute Gasteiger partial charge is 0.319 e. The molecule has 1 aromatic carbocycles. The van der Waals surface area contributed by atoms with E-state index in [1.807, 2.05) is 30.3 Å². The summed E-state index contributed by atoms with van der Waals surface area (Å²) in [6.07, 6.45) is 4.55. The zero-order chi connectivity index (χ0) is 11.9. The van der Waals surface area contributed by atoms with Gasteiger partial charge in [-0.15, -0.1) is 11.6 Å². The molecule has 0 radical (unpaired) electrons. The van der Waals surface area contributed by atoms with E-state index in [9.17, 15) is 4.57 Å². The van der Waals surface area contributed by atoms with Gasteiger partial charge in [0, 0.05) is 23.5 Å². The van der Waals surface area contributed by atoms with Crippen LogP contribution in [0.2, 0.25) is 0 Å². The van der Waals surface area contributed by atoms with Crippen LogP contribution in [0.15, 0.2) is 30.3 Å². The van der Waals surface area contributed by atoms with Gasteiger partial charge in [-0.2, -0.15) is 0 Å². The monoisotopic (exact) mass is 258 g/mol. The van der Waals surface area contributed by atoms with Crippen molar-refractivity contribution in [1.29, 1.82) is 0 Å². The Bertz CT molecular complexity index is 325. The quantitative estimate of drug-likeness (QED) is 0.531. The maximum absolute atomic E-state index is 12.9. The van der Waals surface area contributed by atoms with Crippen molar-refractivity contribution in [3.05, 3.63) is 30.3 Å². The molecule has 0 aliphatic heterocycles. The average molecular weight is 259 g/mol. The van der Waals surface area contributed by atoms with Gasteiger partial charge in [0.25, 0.3) is 0 Å². The Kier molecular flexibility index (Phi) is 6.16. The second-order valence-corrected chi connectivity index (χ2v) is 7.64. The summed E-state index contributed by atoms with van der Waals surface area (Å²) in [6.45, 7) is 2.14. The summed E-state index contributed by atoms with van der Waals surface area (Å²) >= 11 is 5.71. The number of alkyl halides is 1. The van der Waals surface area contributed by atoms with Crippen molar-refractivity contribution in [2.24, 2.45) is 0 Å². The van der Waals surface area contributed by atoms with Crippen LogP contribution in [0.1, 0.15) is 26.2 Å². The molecule has 16 heavy (non-hydrogen) atoms. The van der Waals surface area contributed by atoms with Crippen molar-refractivity contribution in [1.82, 2.24) is 0 Å². The second-order valence-electron chi connectivity index (χ2n) is 4.07. The highest BCUT2D eigenvalue weighted by Crippen LogP contribution is 2.45. The molecule has 0 aliphatic carbocycles. The molecule has 1 nitrogen and oxygen atoms in total. The minimum atomic E-state index is -2.19. The molecule has 0 aromatic heterocycles. The van der Waals surface area contributed by atoms with Crippen molar-refractivity contribution in [2.75, 3.05) is 18.2 Å². The molecule has 0 saturated heterocycles. The molecule has 0 N–H and O–H groups in total. The molecule has 1 rings (SSSR count). The zero-order valence-electron chi connectivity index (χ0n) is 9.86. The molecule has 0 heterocycles. The molecule has 0 saturated carbocycles. The fraction of sp³-hybridized carbons (Fsp3) is 0.538. The molecule has 1 unspecified atom stereocenters. The summed E-state index contributed by atoms with van der Waals surface area (Å²) < 4.78 is 12.9. The Morgan fingerprint density at radius 3 is 2.31 bits per heavy atom. The summed E-state index contributed by atoms with van der Waals surface area (Å²) in [5, 5.41) is 1.02. The standard InChI is InChI=1S/C13H20ClOP/c1-2-3-11-16(15,12-7-10-14)13-8-5-4-6-9-13/h4-6,8-9H,2-3,7,10-12H2,1H3.